The molecule has 0 aliphatic carbocycles. The molecule has 1 aromatic carbocycles. The van der Waals surface area contributed by atoms with E-state index in [1.54, 1.807) is 6.92 Å². The van der Waals surface area contributed by atoms with Crippen molar-refractivity contribution in [1.82, 2.24) is 9.97 Å². The molecule has 21 heavy (non-hydrogen) atoms. The minimum atomic E-state index is -0.588. The average molecular weight is 377 g/mol. The molecular formula is C14H13BrClF2N3. The van der Waals surface area contributed by atoms with Gasteiger partial charge in [0.25, 0.3) is 0 Å². The highest BCUT2D eigenvalue weighted by Gasteiger charge is 2.13. The molecule has 1 aromatic heterocycles. The van der Waals surface area contributed by atoms with Crippen LogP contribution in [-0.4, -0.2) is 9.97 Å². The fraction of sp³-hybridized carbons (Fsp3) is 0.286. The summed E-state index contributed by atoms with van der Waals surface area (Å²) >= 11 is 8.99. The maximum absolute atomic E-state index is 13.9. The Morgan fingerprint density at radius 1 is 1.24 bits per heavy atom. The summed E-state index contributed by atoms with van der Waals surface area (Å²) in [6.07, 6.45) is 1.52. The minimum absolute atomic E-state index is 0.00369. The van der Waals surface area contributed by atoms with Crippen LogP contribution in [0, 0.1) is 18.6 Å². The van der Waals surface area contributed by atoms with Gasteiger partial charge in [-0.15, -0.1) is 0 Å². The molecule has 0 radical (unpaired) electrons. The molecule has 0 saturated carbocycles. The van der Waals surface area contributed by atoms with E-state index in [0.717, 1.165) is 18.6 Å². The number of anilines is 2. The number of benzene rings is 1. The lowest BCUT2D eigenvalue weighted by Crippen LogP contribution is -2.05. The van der Waals surface area contributed by atoms with Crippen molar-refractivity contribution >= 4 is 39.0 Å². The zero-order chi connectivity index (χ0) is 15.6. The third-order valence-electron chi connectivity index (χ3n) is 2.87. The van der Waals surface area contributed by atoms with E-state index in [1.165, 1.54) is 0 Å². The second kappa shape index (κ2) is 6.66. The van der Waals surface area contributed by atoms with E-state index in [1.807, 2.05) is 6.92 Å². The Hall–Kier alpha value is -1.27. The summed E-state index contributed by atoms with van der Waals surface area (Å²) in [6, 6.07) is 2.12. The van der Waals surface area contributed by atoms with E-state index < -0.39 is 11.6 Å². The molecule has 112 valence electrons. The molecule has 0 aliphatic heterocycles. The van der Waals surface area contributed by atoms with Crippen molar-refractivity contribution in [2.45, 2.75) is 26.7 Å². The van der Waals surface area contributed by atoms with Crippen molar-refractivity contribution in [2.24, 2.45) is 0 Å². The first-order chi connectivity index (χ1) is 9.92. The Kier molecular flexibility index (Phi) is 5.11. The molecule has 1 heterocycles. The van der Waals surface area contributed by atoms with Crippen LogP contribution >= 0.6 is 27.5 Å². The number of nitrogens with zero attached hydrogens (tertiary/aromatic N) is 2. The number of halogens is 4. The molecule has 0 fully saturated rings. The fourth-order valence-corrected chi connectivity index (χ4v) is 2.24. The van der Waals surface area contributed by atoms with Crippen LogP contribution in [0.4, 0.5) is 20.3 Å². The summed E-state index contributed by atoms with van der Waals surface area (Å²) in [5.74, 6) is -0.215. The van der Waals surface area contributed by atoms with Crippen LogP contribution in [-0.2, 0) is 6.42 Å². The van der Waals surface area contributed by atoms with E-state index in [4.69, 9.17) is 11.6 Å². The largest absolute Gasteiger partial charge is 0.337 e. The zero-order valence-electron chi connectivity index (χ0n) is 11.5. The van der Waals surface area contributed by atoms with Crippen LogP contribution in [0.5, 0.6) is 0 Å². The second-order valence-corrected chi connectivity index (χ2v) is 5.74. The first-order valence-corrected chi connectivity index (χ1v) is 7.54. The van der Waals surface area contributed by atoms with Gasteiger partial charge in [0.2, 0.25) is 0 Å². The molecule has 0 saturated heterocycles. The third-order valence-corrected chi connectivity index (χ3v) is 3.85. The summed E-state index contributed by atoms with van der Waals surface area (Å²) in [7, 11) is 0. The van der Waals surface area contributed by atoms with E-state index in [-0.39, 0.29) is 10.2 Å². The molecule has 0 amide bonds. The van der Waals surface area contributed by atoms with Gasteiger partial charge in [-0.3, -0.25) is 0 Å². The van der Waals surface area contributed by atoms with Gasteiger partial charge in [-0.25, -0.2) is 18.7 Å². The van der Waals surface area contributed by atoms with Crippen molar-refractivity contribution in [2.75, 3.05) is 5.32 Å². The van der Waals surface area contributed by atoms with Gasteiger partial charge in [-0.1, -0.05) is 18.5 Å². The second-order valence-electron chi connectivity index (χ2n) is 4.53. The summed E-state index contributed by atoms with van der Waals surface area (Å²) in [6.45, 7) is 3.71. The lowest BCUT2D eigenvalue weighted by atomic mass is 10.2. The highest BCUT2D eigenvalue weighted by atomic mass is 79.9. The predicted molar refractivity (Wildman–Crippen MR) is 83.1 cm³/mol. The maximum atomic E-state index is 13.9. The molecule has 2 aromatic rings. The van der Waals surface area contributed by atoms with Gasteiger partial charge in [-0.05, 0) is 35.3 Å². The van der Waals surface area contributed by atoms with Gasteiger partial charge in [0.15, 0.2) is 0 Å². The lowest BCUT2D eigenvalue weighted by molar-refractivity contribution is 0.597. The fourth-order valence-electron chi connectivity index (χ4n) is 1.74. The molecule has 3 nitrogen and oxygen atoms in total. The van der Waals surface area contributed by atoms with Crippen molar-refractivity contribution < 1.29 is 8.78 Å². The first-order valence-electron chi connectivity index (χ1n) is 6.37. The van der Waals surface area contributed by atoms with E-state index in [0.29, 0.717) is 28.8 Å². The van der Waals surface area contributed by atoms with Crippen LogP contribution < -0.4 is 5.32 Å². The number of aryl methyl sites for hydroxylation is 1. The molecule has 0 aliphatic rings. The van der Waals surface area contributed by atoms with Crippen LogP contribution in [0.15, 0.2) is 16.6 Å². The summed E-state index contributed by atoms with van der Waals surface area (Å²) in [5, 5.41) is 3.08. The normalized spacial score (nSPS) is 10.8. The SMILES string of the molecule is CCCc1nc(Cl)c(C)c(Nc2cc(F)c(Br)cc2F)n1. The van der Waals surface area contributed by atoms with Gasteiger partial charge >= 0.3 is 0 Å². The molecular weight excluding hydrogens is 364 g/mol. The van der Waals surface area contributed by atoms with E-state index in [2.05, 4.69) is 31.2 Å². The van der Waals surface area contributed by atoms with Crippen LogP contribution in [0.25, 0.3) is 0 Å². The standard InChI is InChI=1S/C14H13BrClF2N3/c1-3-4-12-20-13(16)7(2)14(21-12)19-11-6-9(17)8(15)5-10(11)18/h5-6H,3-4H2,1-2H3,(H,19,20,21). The number of hydrogen-bond donors (Lipinski definition) is 1. The van der Waals surface area contributed by atoms with Crippen LogP contribution in [0.1, 0.15) is 24.7 Å². The van der Waals surface area contributed by atoms with Gasteiger partial charge in [0.05, 0.1) is 10.2 Å². The lowest BCUT2D eigenvalue weighted by Gasteiger charge is -2.12. The number of nitrogens with one attached hydrogen (secondary N) is 1. The van der Waals surface area contributed by atoms with Crippen LogP contribution in [0.2, 0.25) is 5.15 Å². The van der Waals surface area contributed by atoms with Gasteiger partial charge in [0, 0.05) is 18.1 Å². The third kappa shape index (κ3) is 3.68. The summed E-state index contributed by atoms with van der Waals surface area (Å²) < 4.78 is 27.5. The van der Waals surface area contributed by atoms with Crippen molar-refractivity contribution in [3.05, 3.63) is 44.8 Å². The highest BCUT2D eigenvalue weighted by molar-refractivity contribution is 9.10. The van der Waals surface area contributed by atoms with Crippen molar-refractivity contribution in [3.63, 3.8) is 0 Å². The molecule has 2 rings (SSSR count). The number of hydrogen-bond acceptors (Lipinski definition) is 3. The first kappa shape index (κ1) is 16.1. The summed E-state index contributed by atoms with van der Waals surface area (Å²) in [5.41, 5.74) is 0.579. The van der Waals surface area contributed by atoms with E-state index in [9.17, 15) is 8.78 Å². The molecule has 0 bridgehead atoms. The molecule has 0 spiro atoms. The predicted octanol–water partition coefficient (Wildman–Crippen LogP) is 5.18. The smallest absolute Gasteiger partial charge is 0.148 e. The van der Waals surface area contributed by atoms with Gasteiger partial charge in [0.1, 0.15) is 28.4 Å². The number of aromatic nitrogens is 2. The Morgan fingerprint density at radius 2 is 1.95 bits per heavy atom. The Labute approximate surface area is 134 Å². The maximum Gasteiger partial charge on any atom is 0.148 e. The quantitative estimate of drug-likeness (QED) is 0.590. The number of rotatable bonds is 4. The monoisotopic (exact) mass is 375 g/mol. The van der Waals surface area contributed by atoms with Gasteiger partial charge < -0.3 is 5.32 Å². The van der Waals surface area contributed by atoms with E-state index >= 15 is 0 Å². The van der Waals surface area contributed by atoms with Crippen molar-refractivity contribution in [3.8, 4) is 0 Å². The summed E-state index contributed by atoms with van der Waals surface area (Å²) in [4.78, 5) is 8.46. The Bertz CT molecular complexity index is 680. The topological polar surface area (TPSA) is 37.8 Å². The van der Waals surface area contributed by atoms with Crippen LogP contribution in [0.3, 0.4) is 0 Å². The Morgan fingerprint density at radius 3 is 2.62 bits per heavy atom. The minimum Gasteiger partial charge on any atom is -0.337 e. The molecule has 0 unspecified atom stereocenters. The molecule has 0 atom stereocenters. The van der Waals surface area contributed by atoms with Gasteiger partial charge in [-0.2, -0.15) is 0 Å². The molecule has 7 heteroatoms. The highest BCUT2D eigenvalue weighted by Crippen LogP contribution is 2.28. The zero-order valence-corrected chi connectivity index (χ0v) is 13.8. The van der Waals surface area contributed by atoms with Crippen molar-refractivity contribution in [1.29, 1.82) is 0 Å². The molecule has 1 N–H and O–H groups in total. The average Bonchev–Trinajstić information content (AvgIpc) is 2.42. The Balaban J connectivity index is 2.41.